The van der Waals surface area contributed by atoms with Crippen LogP contribution in [0.4, 0.5) is 6.01 Å². The van der Waals surface area contributed by atoms with Gasteiger partial charge in [-0.05, 0) is 24.8 Å². The Morgan fingerprint density at radius 1 is 1.56 bits per heavy atom. The molecule has 4 heteroatoms. The Labute approximate surface area is 110 Å². The second-order valence-electron chi connectivity index (χ2n) is 5.66. The van der Waals surface area contributed by atoms with E-state index in [1.807, 2.05) is 0 Å². The lowest BCUT2D eigenvalue weighted by Gasteiger charge is -2.12. The van der Waals surface area contributed by atoms with Crippen molar-refractivity contribution in [3.05, 3.63) is 12.0 Å². The van der Waals surface area contributed by atoms with E-state index in [0.717, 1.165) is 43.8 Å². The Morgan fingerprint density at radius 3 is 3.06 bits per heavy atom. The number of nitrogens with one attached hydrogen (secondary N) is 1. The maximum Gasteiger partial charge on any atom is 0.297 e. The highest BCUT2D eigenvalue weighted by Gasteiger charge is 2.24. The normalized spacial score (nSPS) is 20.0. The minimum Gasteiger partial charge on any atom is -0.432 e. The zero-order chi connectivity index (χ0) is 13.0. The second-order valence-corrected chi connectivity index (χ2v) is 5.66. The molecule has 1 aliphatic rings. The SMILES string of the molecule is CCC1CCN(c2nc(CNCC(C)C)co2)C1. The number of aromatic nitrogens is 1. The van der Waals surface area contributed by atoms with Crippen LogP contribution in [0.5, 0.6) is 0 Å². The summed E-state index contributed by atoms with van der Waals surface area (Å²) in [5, 5.41) is 3.38. The van der Waals surface area contributed by atoms with Gasteiger partial charge in [0.05, 0.1) is 5.69 Å². The van der Waals surface area contributed by atoms with Crippen LogP contribution in [-0.4, -0.2) is 24.6 Å². The highest BCUT2D eigenvalue weighted by Crippen LogP contribution is 2.24. The van der Waals surface area contributed by atoms with Gasteiger partial charge in [-0.15, -0.1) is 0 Å². The Morgan fingerprint density at radius 2 is 2.39 bits per heavy atom. The van der Waals surface area contributed by atoms with Gasteiger partial charge in [0.2, 0.25) is 0 Å². The fraction of sp³-hybridized carbons (Fsp3) is 0.786. The minimum absolute atomic E-state index is 0.667. The quantitative estimate of drug-likeness (QED) is 0.844. The molecule has 0 bridgehead atoms. The highest BCUT2D eigenvalue weighted by molar-refractivity contribution is 5.28. The predicted molar refractivity (Wildman–Crippen MR) is 73.7 cm³/mol. The molecule has 2 rings (SSSR count). The van der Waals surface area contributed by atoms with Gasteiger partial charge >= 0.3 is 0 Å². The first-order chi connectivity index (χ1) is 8.69. The summed E-state index contributed by atoms with van der Waals surface area (Å²) in [5.41, 5.74) is 1.01. The third kappa shape index (κ3) is 3.48. The van der Waals surface area contributed by atoms with Crippen molar-refractivity contribution in [1.29, 1.82) is 0 Å². The van der Waals surface area contributed by atoms with Gasteiger partial charge in [-0.1, -0.05) is 27.2 Å². The molecule has 0 aliphatic carbocycles. The van der Waals surface area contributed by atoms with Crippen LogP contribution in [0.1, 0.15) is 39.3 Å². The molecular formula is C14H25N3O. The topological polar surface area (TPSA) is 41.3 Å². The first kappa shape index (κ1) is 13.4. The molecule has 0 aromatic carbocycles. The summed E-state index contributed by atoms with van der Waals surface area (Å²) >= 11 is 0. The van der Waals surface area contributed by atoms with Crippen molar-refractivity contribution in [2.45, 2.75) is 40.2 Å². The van der Waals surface area contributed by atoms with E-state index < -0.39 is 0 Å². The van der Waals surface area contributed by atoms with E-state index in [-0.39, 0.29) is 0 Å². The third-order valence-corrected chi connectivity index (χ3v) is 3.53. The molecule has 1 atom stereocenters. The average molecular weight is 251 g/mol. The molecule has 0 radical (unpaired) electrons. The van der Waals surface area contributed by atoms with Gasteiger partial charge in [-0.25, -0.2) is 0 Å². The second kappa shape index (κ2) is 6.23. The molecule has 1 aromatic heterocycles. The number of rotatable bonds is 6. The lowest BCUT2D eigenvalue weighted by atomic mass is 10.1. The van der Waals surface area contributed by atoms with Crippen molar-refractivity contribution in [3.8, 4) is 0 Å². The van der Waals surface area contributed by atoms with Crippen LogP contribution in [0.25, 0.3) is 0 Å². The zero-order valence-electron chi connectivity index (χ0n) is 11.8. The smallest absolute Gasteiger partial charge is 0.297 e. The summed E-state index contributed by atoms with van der Waals surface area (Å²) in [7, 11) is 0. The number of nitrogens with zero attached hydrogens (tertiary/aromatic N) is 2. The molecule has 1 saturated heterocycles. The minimum atomic E-state index is 0.667. The van der Waals surface area contributed by atoms with E-state index in [1.54, 1.807) is 6.26 Å². The highest BCUT2D eigenvalue weighted by atomic mass is 16.4. The lowest BCUT2D eigenvalue weighted by molar-refractivity contribution is 0.529. The van der Waals surface area contributed by atoms with Crippen LogP contribution >= 0.6 is 0 Å². The van der Waals surface area contributed by atoms with Crippen molar-refractivity contribution in [2.75, 3.05) is 24.5 Å². The maximum absolute atomic E-state index is 5.57. The van der Waals surface area contributed by atoms with E-state index in [2.05, 4.69) is 36.0 Å². The Balaban J connectivity index is 1.83. The van der Waals surface area contributed by atoms with Crippen LogP contribution in [-0.2, 0) is 6.54 Å². The fourth-order valence-electron chi connectivity index (χ4n) is 2.35. The van der Waals surface area contributed by atoms with Crippen molar-refractivity contribution < 1.29 is 4.42 Å². The van der Waals surface area contributed by atoms with E-state index in [9.17, 15) is 0 Å². The fourth-order valence-corrected chi connectivity index (χ4v) is 2.35. The molecule has 0 spiro atoms. The monoisotopic (exact) mass is 251 g/mol. The van der Waals surface area contributed by atoms with Crippen molar-refractivity contribution in [1.82, 2.24) is 10.3 Å². The van der Waals surface area contributed by atoms with Crippen molar-refractivity contribution in [3.63, 3.8) is 0 Å². The van der Waals surface area contributed by atoms with Crippen LogP contribution in [0.15, 0.2) is 10.7 Å². The Kier molecular flexibility index (Phi) is 4.64. The number of anilines is 1. The molecule has 0 amide bonds. The van der Waals surface area contributed by atoms with Crippen LogP contribution < -0.4 is 10.2 Å². The van der Waals surface area contributed by atoms with Crippen LogP contribution in [0.3, 0.4) is 0 Å². The van der Waals surface area contributed by atoms with Crippen LogP contribution in [0, 0.1) is 11.8 Å². The molecular weight excluding hydrogens is 226 g/mol. The zero-order valence-corrected chi connectivity index (χ0v) is 11.8. The average Bonchev–Trinajstić information content (AvgIpc) is 2.95. The van der Waals surface area contributed by atoms with Gasteiger partial charge in [0, 0.05) is 19.6 Å². The molecule has 2 heterocycles. The molecule has 102 valence electrons. The standard InChI is InChI=1S/C14H25N3O/c1-4-12-5-6-17(9-12)14-16-13(10-18-14)8-15-7-11(2)3/h10-12,15H,4-9H2,1-3H3. The molecule has 0 saturated carbocycles. The van der Waals surface area contributed by atoms with Gasteiger partial charge in [-0.3, -0.25) is 0 Å². The van der Waals surface area contributed by atoms with Crippen LogP contribution in [0.2, 0.25) is 0 Å². The lowest BCUT2D eigenvalue weighted by Crippen LogP contribution is -2.21. The van der Waals surface area contributed by atoms with Crippen molar-refractivity contribution >= 4 is 6.01 Å². The molecule has 1 aromatic rings. The van der Waals surface area contributed by atoms with Crippen molar-refractivity contribution in [2.24, 2.45) is 11.8 Å². The van der Waals surface area contributed by atoms with E-state index >= 15 is 0 Å². The van der Waals surface area contributed by atoms with Gasteiger partial charge in [0.1, 0.15) is 6.26 Å². The molecule has 1 unspecified atom stereocenters. The largest absolute Gasteiger partial charge is 0.432 e. The number of hydrogen-bond acceptors (Lipinski definition) is 4. The number of hydrogen-bond donors (Lipinski definition) is 1. The summed E-state index contributed by atoms with van der Waals surface area (Å²) in [6, 6.07) is 0.798. The molecule has 4 nitrogen and oxygen atoms in total. The van der Waals surface area contributed by atoms with Gasteiger partial charge in [0.15, 0.2) is 0 Å². The summed E-state index contributed by atoms with van der Waals surface area (Å²) in [5.74, 6) is 1.47. The molecule has 1 aliphatic heterocycles. The number of oxazole rings is 1. The van der Waals surface area contributed by atoms with Gasteiger partial charge in [0.25, 0.3) is 6.01 Å². The predicted octanol–water partition coefficient (Wildman–Crippen LogP) is 2.66. The first-order valence-corrected chi connectivity index (χ1v) is 7.09. The van der Waals surface area contributed by atoms with E-state index in [0.29, 0.717) is 5.92 Å². The molecule has 1 N–H and O–H groups in total. The molecule has 1 fully saturated rings. The van der Waals surface area contributed by atoms with E-state index in [1.165, 1.54) is 12.8 Å². The summed E-state index contributed by atoms with van der Waals surface area (Å²) in [6.45, 7) is 10.7. The molecule has 18 heavy (non-hydrogen) atoms. The first-order valence-electron chi connectivity index (χ1n) is 7.09. The summed E-state index contributed by atoms with van der Waals surface area (Å²) < 4.78 is 5.57. The van der Waals surface area contributed by atoms with Gasteiger partial charge < -0.3 is 14.6 Å². The van der Waals surface area contributed by atoms with E-state index in [4.69, 9.17) is 4.42 Å². The Hall–Kier alpha value is -1.03. The van der Waals surface area contributed by atoms with Gasteiger partial charge in [-0.2, -0.15) is 4.98 Å². The maximum atomic E-state index is 5.57. The summed E-state index contributed by atoms with van der Waals surface area (Å²) in [6.07, 6.45) is 4.29. The third-order valence-electron chi connectivity index (χ3n) is 3.53. The summed E-state index contributed by atoms with van der Waals surface area (Å²) in [4.78, 5) is 6.82. The Bertz CT molecular complexity index is 362.